The van der Waals surface area contributed by atoms with Crippen LogP contribution in [0.15, 0.2) is 0 Å². The number of piperidine rings is 1. The molecule has 0 aromatic rings. The van der Waals surface area contributed by atoms with Crippen molar-refractivity contribution in [3.8, 4) is 6.07 Å². The van der Waals surface area contributed by atoms with Gasteiger partial charge in [-0.05, 0) is 56.7 Å². The molecule has 0 bridgehead atoms. The average Bonchev–Trinajstić information content (AvgIpc) is 3.17. The molecule has 1 aliphatic heterocycles. The van der Waals surface area contributed by atoms with Gasteiger partial charge in [0.25, 0.3) is 0 Å². The van der Waals surface area contributed by atoms with Crippen LogP contribution in [-0.2, 0) is 4.74 Å². The Morgan fingerprint density at radius 2 is 2.11 bits per heavy atom. The number of likely N-dealkylation sites (tertiary alicyclic amines) is 1. The number of hydrogen-bond acceptors (Lipinski definition) is 4. The molecule has 1 aliphatic carbocycles. The number of nitrogens with one attached hydrogen (secondary N) is 1. The van der Waals surface area contributed by atoms with Crippen molar-refractivity contribution in [2.45, 2.75) is 32.1 Å². The Morgan fingerprint density at radius 3 is 2.68 bits per heavy atom. The van der Waals surface area contributed by atoms with Crippen LogP contribution in [0.1, 0.15) is 32.1 Å². The van der Waals surface area contributed by atoms with Crippen LogP contribution in [-0.4, -0.2) is 51.3 Å². The van der Waals surface area contributed by atoms with Crippen molar-refractivity contribution in [1.29, 1.82) is 5.26 Å². The third kappa shape index (κ3) is 4.76. The van der Waals surface area contributed by atoms with Gasteiger partial charge < -0.3 is 15.0 Å². The lowest BCUT2D eigenvalue weighted by molar-refractivity contribution is 0.149. The van der Waals surface area contributed by atoms with E-state index >= 15 is 0 Å². The SMILES string of the molecule is COCCNCC1CCN(CC2(CC#N)CC2)CC1. The molecule has 2 fully saturated rings. The molecule has 1 heterocycles. The molecule has 1 N–H and O–H groups in total. The average molecular weight is 265 g/mol. The third-order valence-corrected chi connectivity index (χ3v) is 4.59. The second-order valence-corrected chi connectivity index (χ2v) is 6.25. The Hall–Kier alpha value is -0.630. The fourth-order valence-corrected chi connectivity index (χ4v) is 3.04. The second kappa shape index (κ2) is 7.23. The first kappa shape index (κ1) is 14.8. The van der Waals surface area contributed by atoms with Gasteiger partial charge in [-0.3, -0.25) is 0 Å². The molecule has 0 atom stereocenters. The van der Waals surface area contributed by atoms with E-state index in [0.29, 0.717) is 5.41 Å². The summed E-state index contributed by atoms with van der Waals surface area (Å²) in [7, 11) is 1.75. The summed E-state index contributed by atoms with van der Waals surface area (Å²) >= 11 is 0. The van der Waals surface area contributed by atoms with Crippen molar-refractivity contribution >= 4 is 0 Å². The van der Waals surface area contributed by atoms with Crippen LogP contribution in [0.5, 0.6) is 0 Å². The van der Waals surface area contributed by atoms with Gasteiger partial charge in [0.15, 0.2) is 0 Å². The van der Waals surface area contributed by atoms with Crippen molar-refractivity contribution < 1.29 is 4.74 Å². The maximum absolute atomic E-state index is 8.87. The first-order valence-electron chi connectivity index (χ1n) is 7.57. The molecule has 19 heavy (non-hydrogen) atoms. The number of hydrogen-bond donors (Lipinski definition) is 1. The van der Waals surface area contributed by atoms with Gasteiger partial charge in [0, 0.05) is 26.6 Å². The molecule has 4 heteroatoms. The molecule has 0 amide bonds. The Balaban J connectivity index is 1.59. The summed E-state index contributed by atoms with van der Waals surface area (Å²) in [5, 5.41) is 12.3. The van der Waals surface area contributed by atoms with Crippen LogP contribution >= 0.6 is 0 Å². The van der Waals surface area contributed by atoms with Gasteiger partial charge in [-0.15, -0.1) is 0 Å². The first-order valence-corrected chi connectivity index (χ1v) is 7.57. The van der Waals surface area contributed by atoms with Crippen molar-refractivity contribution in [3.05, 3.63) is 0 Å². The molecule has 2 rings (SSSR count). The lowest BCUT2D eigenvalue weighted by Gasteiger charge is -2.34. The Labute approximate surface area is 117 Å². The fraction of sp³-hybridized carbons (Fsp3) is 0.933. The number of methoxy groups -OCH3 is 1. The van der Waals surface area contributed by atoms with Gasteiger partial charge in [-0.25, -0.2) is 0 Å². The lowest BCUT2D eigenvalue weighted by Crippen LogP contribution is -2.40. The standard InChI is InChI=1S/C15H27N3O/c1-19-11-8-17-12-14-2-9-18(10-3-14)13-15(4-5-15)6-7-16/h14,17H,2-6,8-13H2,1H3. The molecule has 0 aromatic carbocycles. The van der Waals surface area contributed by atoms with E-state index < -0.39 is 0 Å². The lowest BCUT2D eigenvalue weighted by atomic mass is 9.94. The topological polar surface area (TPSA) is 48.3 Å². The third-order valence-electron chi connectivity index (χ3n) is 4.59. The van der Waals surface area contributed by atoms with Gasteiger partial charge in [0.2, 0.25) is 0 Å². The predicted molar refractivity (Wildman–Crippen MR) is 75.8 cm³/mol. The monoisotopic (exact) mass is 265 g/mol. The minimum Gasteiger partial charge on any atom is -0.383 e. The van der Waals surface area contributed by atoms with Crippen LogP contribution in [0.3, 0.4) is 0 Å². The van der Waals surface area contributed by atoms with E-state index in [1.165, 1.54) is 38.8 Å². The predicted octanol–water partition coefficient (Wildman–Crippen LogP) is 1.63. The summed E-state index contributed by atoms with van der Waals surface area (Å²) in [4.78, 5) is 2.58. The molecule has 1 saturated heterocycles. The van der Waals surface area contributed by atoms with E-state index in [2.05, 4.69) is 16.3 Å². The number of ether oxygens (including phenoxy) is 1. The normalized spacial score (nSPS) is 23.2. The highest BCUT2D eigenvalue weighted by molar-refractivity contribution is 5.01. The smallest absolute Gasteiger partial charge is 0.0628 e. The van der Waals surface area contributed by atoms with Gasteiger partial charge in [0.05, 0.1) is 12.7 Å². The molecule has 0 unspecified atom stereocenters. The van der Waals surface area contributed by atoms with Crippen molar-refractivity contribution in [2.24, 2.45) is 11.3 Å². The van der Waals surface area contributed by atoms with Crippen molar-refractivity contribution in [2.75, 3.05) is 46.4 Å². The molecule has 0 radical (unpaired) electrons. The zero-order chi connectivity index (χ0) is 13.6. The Kier molecular flexibility index (Phi) is 5.62. The maximum atomic E-state index is 8.87. The molecule has 108 valence electrons. The molecule has 1 saturated carbocycles. The molecule has 0 aromatic heterocycles. The summed E-state index contributed by atoms with van der Waals surface area (Å²) in [6, 6.07) is 2.36. The molecule has 2 aliphatic rings. The van der Waals surface area contributed by atoms with Crippen LogP contribution in [0, 0.1) is 22.7 Å². The zero-order valence-corrected chi connectivity index (χ0v) is 12.2. The molecular formula is C15H27N3O. The van der Waals surface area contributed by atoms with E-state index in [9.17, 15) is 0 Å². The number of rotatable bonds is 8. The molecule has 0 spiro atoms. The fourth-order valence-electron chi connectivity index (χ4n) is 3.04. The quantitative estimate of drug-likeness (QED) is 0.678. The summed E-state index contributed by atoms with van der Waals surface area (Å²) in [6.45, 7) is 6.47. The van der Waals surface area contributed by atoms with Crippen LogP contribution in [0.2, 0.25) is 0 Å². The van der Waals surface area contributed by atoms with Crippen molar-refractivity contribution in [1.82, 2.24) is 10.2 Å². The van der Waals surface area contributed by atoms with Gasteiger partial charge in [0.1, 0.15) is 0 Å². The van der Waals surface area contributed by atoms with Crippen molar-refractivity contribution in [3.63, 3.8) is 0 Å². The minimum atomic E-state index is 0.373. The Morgan fingerprint density at radius 1 is 1.37 bits per heavy atom. The van der Waals surface area contributed by atoms with Gasteiger partial charge in [-0.1, -0.05) is 0 Å². The largest absolute Gasteiger partial charge is 0.383 e. The molecule has 4 nitrogen and oxygen atoms in total. The van der Waals surface area contributed by atoms with E-state index in [1.807, 2.05) is 0 Å². The first-order chi connectivity index (χ1) is 9.28. The summed E-state index contributed by atoms with van der Waals surface area (Å²) in [6.07, 6.45) is 5.87. The number of nitriles is 1. The van der Waals surface area contributed by atoms with Crippen LogP contribution < -0.4 is 5.32 Å². The summed E-state index contributed by atoms with van der Waals surface area (Å²) in [5.41, 5.74) is 0.373. The highest BCUT2D eigenvalue weighted by atomic mass is 16.5. The molecular weight excluding hydrogens is 238 g/mol. The van der Waals surface area contributed by atoms with E-state index in [4.69, 9.17) is 10.00 Å². The Bertz CT molecular complexity index is 301. The van der Waals surface area contributed by atoms with E-state index in [-0.39, 0.29) is 0 Å². The summed E-state index contributed by atoms with van der Waals surface area (Å²) in [5.74, 6) is 0.819. The van der Waals surface area contributed by atoms with Gasteiger partial charge >= 0.3 is 0 Å². The van der Waals surface area contributed by atoms with Crippen LogP contribution in [0.25, 0.3) is 0 Å². The van der Waals surface area contributed by atoms with E-state index in [0.717, 1.165) is 38.6 Å². The maximum Gasteiger partial charge on any atom is 0.0628 e. The number of nitrogens with zero attached hydrogens (tertiary/aromatic N) is 2. The van der Waals surface area contributed by atoms with Crippen LogP contribution in [0.4, 0.5) is 0 Å². The highest BCUT2D eigenvalue weighted by Gasteiger charge is 2.43. The van der Waals surface area contributed by atoms with E-state index in [1.54, 1.807) is 7.11 Å². The second-order valence-electron chi connectivity index (χ2n) is 6.25. The zero-order valence-electron chi connectivity index (χ0n) is 12.2. The summed E-state index contributed by atoms with van der Waals surface area (Å²) < 4.78 is 5.04. The highest BCUT2D eigenvalue weighted by Crippen LogP contribution is 2.49. The van der Waals surface area contributed by atoms with Gasteiger partial charge in [-0.2, -0.15) is 5.26 Å². The minimum absolute atomic E-state index is 0.373.